The Balaban J connectivity index is 2.28. The molecule has 0 fully saturated rings. The molecule has 0 aliphatic rings. The topological polar surface area (TPSA) is 42.0 Å². The van der Waals surface area contributed by atoms with Crippen LogP contribution < -0.4 is 5.32 Å². The van der Waals surface area contributed by atoms with Gasteiger partial charge in [-0.15, -0.1) is 0 Å². The number of hydrogen-bond acceptors (Lipinski definition) is 2. The molecule has 2 aromatic rings. The minimum Gasteiger partial charge on any atom is -0.322 e. The van der Waals surface area contributed by atoms with Crippen molar-refractivity contribution in [2.24, 2.45) is 0 Å². The van der Waals surface area contributed by atoms with E-state index in [0.29, 0.717) is 5.69 Å². The third kappa shape index (κ3) is 2.53. The summed E-state index contributed by atoms with van der Waals surface area (Å²) in [5.74, 6) is -0.977. The van der Waals surface area contributed by atoms with Crippen molar-refractivity contribution in [3.8, 4) is 0 Å². The van der Waals surface area contributed by atoms with Gasteiger partial charge in [-0.2, -0.15) is 0 Å². The number of carbonyl (C=O) groups excluding carboxylic acids is 1. The van der Waals surface area contributed by atoms with Crippen molar-refractivity contribution in [3.05, 3.63) is 59.2 Å². The van der Waals surface area contributed by atoms with Crippen molar-refractivity contribution in [2.45, 2.75) is 13.8 Å². The number of halogens is 1. The van der Waals surface area contributed by atoms with Crippen LogP contribution in [0, 0.1) is 19.7 Å². The van der Waals surface area contributed by atoms with E-state index in [9.17, 15) is 9.18 Å². The Hall–Kier alpha value is -2.23. The van der Waals surface area contributed by atoms with E-state index in [1.807, 2.05) is 13.8 Å². The second-order valence-corrected chi connectivity index (χ2v) is 4.13. The maximum absolute atomic E-state index is 13.6. The van der Waals surface area contributed by atoms with Crippen molar-refractivity contribution in [1.29, 1.82) is 0 Å². The van der Waals surface area contributed by atoms with Gasteiger partial charge in [0.05, 0.1) is 5.56 Å². The average molecular weight is 244 g/mol. The van der Waals surface area contributed by atoms with Crippen LogP contribution in [0.25, 0.3) is 0 Å². The summed E-state index contributed by atoms with van der Waals surface area (Å²) in [5.41, 5.74) is 2.36. The number of amides is 1. The molecule has 0 aliphatic carbocycles. The van der Waals surface area contributed by atoms with Gasteiger partial charge in [0.1, 0.15) is 5.82 Å². The summed E-state index contributed by atoms with van der Waals surface area (Å²) >= 11 is 0. The van der Waals surface area contributed by atoms with Gasteiger partial charge in [-0.05, 0) is 37.6 Å². The molecule has 1 aromatic heterocycles. The second-order valence-electron chi connectivity index (χ2n) is 4.13. The van der Waals surface area contributed by atoms with Gasteiger partial charge in [-0.1, -0.05) is 11.6 Å². The number of hydrogen-bond donors (Lipinski definition) is 1. The number of nitrogens with zero attached hydrogens (tertiary/aromatic N) is 1. The summed E-state index contributed by atoms with van der Waals surface area (Å²) in [6.07, 6.45) is 3.22. The first-order valence-electron chi connectivity index (χ1n) is 5.56. The zero-order chi connectivity index (χ0) is 13.1. The highest BCUT2D eigenvalue weighted by Crippen LogP contribution is 2.15. The summed E-state index contributed by atoms with van der Waals surface area (Å²) in [6, 6.07) is 6.13. The molecule has 4 heteroatoms. The van der Waals surface area contributed by atoms with Crippen LogP contribution in [0.2, 0.25) is 0 Å². The number of pyridine rings is 1. The van der Waals surface area contributed by atoms with Gasteiger partial charge in [0.25, 0.3) is 5.91 Å². The summed E-state index contributed by atoms with van der Waals surface area (Å²) in [4.78, 5) is 15.9. The quantitative estimate of drug-likeness (QED) is 0.882. The average Bonchev–Trinajstić information content (AvgIpc) is 2.35. The molecule has 0 radical (unpaired) electrons. The van der Waals surface area contributed by atoms with E-state index in [0.717, 1.165) is 11.1 Å². The molecular weight excluding hydrogens is 231 g/mol. The van der Waals surface area contributed by atoms with E-state index < -0.39 is 11.7 Å². The van der Waals surface area contributed by atoms with Crippen molar-refractivity contribution < 1.29 is 9.18 Å². The molecule has 18 heavy (non-hydrogen) atoms. The minimum atomic E-state index is -0.523. The molecule has 1 amide bonds. The fraction of sp³-hybridized carbons (Fsp3) is 0.143. The van der Waals surface area contributed by atoms with Gasteiger partial charge in [0.2, 0.25) is 0 Å². The Morgan fingerprint density at radius 2 is 2.06 bits per heavy atom. The molecule has 2 rings (SSSR count). The van der Waals surface area contributed by atoms with Gasteiger partial charge < -0.3 is 5.32 Å². The summed E-state index contributed by atoms with van der Waals surface area (Å²) in [6.45, 7) is 3.64. The van der Waals surface area contributed by atoms with Crippen LogP contribution in [0.5, 0.6) is 0 Å². The van der Waals surface area contributed by atoms with E-state index >= 15 is 0 Å². The lowest BCUT2D eigenvalue weighted by Crippen LogP contribution is -2.14. The predicted molar refractivity (Wildman–Crippen MR) is 68.1 cm³/mol. The zero-order valence-corrected chi connectivity index (χ0v) is 10.2. The number of carbonyl (C=O) groups is 1. The Morgan fingerprint density at radius 1 is 1.28 bits per heavy atom. The van der Waals surface area contributed by atoms with Crippen molar-refractivity contribution >= 4 is 11.6 Å². The zero-order valence-electron chi connectivity index (χ0n) is 10.2. The Labute approximate surface area is 105 Å². The van der Waals surface area contributed by atoms with Gasteiger partial charge in [0.15, 0.2) is 0 Å². The lowest BCUT2D eigenvalue weighted by atomic mass is 10.1. The number of anilines is 1. The Bertz CT molecular complexity index is 596. The number of aromatic nitrogens is 1. The number of nitrogens with one attached hydrogen (secondary N) is 1. The van der Waals surface area contributed by atoms with Gasteiger partial charge >= 0.3 is 0 Å². The first kappa shape index (κ1) is 12.2. The molecule has 0 aliphatic heterocycles. The SMILES string of the molecule is Cc1ccc(F)c(C(=O)Nc2ccncc2C)c1. The molecule has 3 nitrogen and oxygen atoms in total. The Kier molecular flexibility index (Phi) is 3.37. The standard InChI is InChI=1S/C14H13FN2O/c1-9-3-4-12(15)11(7-9)14(18)17-13-5-6-16-8-10(13)2/h3-8H,1-2H3,(H,16,17,18). The third-order valence-corrected chi connectivity index (χ3v) is 2.63. The number of benzene rings is 1. The van der Waals surface area contributed by atoms with Crippen LogP contribution in [0.15, 0.2) is 36.7 Å². The molecule has 92 valence electrons. The molecular formula is C14H13FN2O. The monoisotopic (exact) mass is 244 g/mol. The molecule has 0 saturated carbocycles. The number of rotatable bonds is 2. The molecule has 0 atom stereocenters. The molecule has 0 saturated heterocycles. The van der Waals surface area contributed by atoms with E-state index in [-0.39, 0.29) is 5.56 Å². The maximum Gasteiger partial charge on any atom is 0.258 e. The van der Waals surface area contributed by atoms with Crippen molar-refractivity contribution in [3.63, 3.8) is 0 Å². The Morgan fingerprint density at radius 3 is 2.78 bits per heavy atom. The largest absolute Gasteiger partial charge is 0.322 e. The highest BCUT2D eigenvalue weighted by Gasteiger charge is 2.12. The van der Waals surface area contributed by atoms with Gasteiger partial charge in [-0.25, -0.2) is 4.39 Å². The van der Waals surface area contributed by atoms with Gasteiger partial charge in [-0.3, -0.25) is 9.78 Å². The van der Waals surface area contributed by atoms with E-state index in [4.69, 9.17) is 0 Å². The van der Waals surface area contributed by atoms with Crippen molar-refractivity contribution in [2.75, 3.05) is 5.32 Å². The first-order valence-corrected chi connectivity index (χ1v) is 5.56. The third-order valence-electron chi connectivity index (χ3n) is 2.63. The lowest BCUT2D eigenvalue weighted by Gasteiger charge is -2.08. The summed E-state index contributed by atoms with van der Waals surface area (Å²) < 4.78 is 13.6. The van der Waals surface area contributed by atoms with Crippen molar-refractivity contribution in [1.82, 2.24) is 4.98 Å². The van der Waals surface area contributed by atoms with E-state index in [1.54, 1.807) is 24.5 Å². The maximum atomic E-state index is 13.6. The van der Waals surface area contributed by atoms with E-state index in [1.165, 1.54) is 12.1 Å². The lowest BCUT2D eigenvalue weighted by molar-refractivity contribution is 0.102. The smallest absolute Gasteiger partial charge is 0.258 e. The minimum absolute atomic E-state index is 0.0474. The van der Waals surface area contributed by atoms with Gasteiger partial charge in [0, 0.05) is 18.1 Å². The van der Waals surface area contributed by atoms with Crippen LogP contribution in [-0.4, -0.2) is 10.9 Å². The molecule has 1 aromatic carbocycles. The normalized spacial score (nSPS) is 10.2. The van der Waals surface area contributed by atoms with Crippen LogP contribution in [-0.2, 0) is 0 Å². The van der Waals surface area contributed by atoms with Crippen LogP contribution in [0.4, 0.5) is 10.1 Å². The summed E-state index contributed by atoms with van der Waals surface area (Å²) in [7, 11) is 0. The number of aryl methyl sites for hydroxylation is 2. The highest BCUT2D eigenvalue weighted by molar-refractivity contribution is 6.04. The van der Waals surface area contributed by atoms with Crippen LogP contribution in [0.3, 0.4) is 0 Å². The molecule has 1 N–H and O–H groups in total. The molecule has 0 unspecified atom stereocenters. The van der Waals surface area contributed by atoms with E-state index in [2.05, 4.69) is 10.3 Å². The fourth-order valence-electron chi connectivity index (χ4n) is 1.62. The van der Waals surface area contributed by atoms with Crippen LogP contribution in [0.1, 0.15) is 21.5 Å². The first-order chi connectivity index (χ1) is 8.58. The fourth-order valence-corrected chi connectivity index (χ4v) is 1.62. The summed E-state index contributed by atoms with van der Waals surface area (Å²) in [5, 5.41) is 2.68. The highest BCUT2D eigenvalue weighted by atomic mass is 19.1. The molecule has 0 bridgehead atoms. The second kappa shape index (κ2) is 4.96. The predicted octanol–water partition coefficient (Wildman–Crippen LogP) is 3.09. The van der Waals surface area contributed by atoms with Crippen LogP contribution >= 0.6 is 0 Å². The molecule has 0 spiro atoms. The molecule has 1 heterocycles.